The fourth-order valence-electron chi connectivity index (χ4n) is 2.10. The molecule has 0 spiro atoms. The quantitative estimate of drug-likeness (QED) is 0.584. The molecule has 1 amide bonds. The topological polar surface area (TPSA) is 41.5 Å². The van der Waals surface area contributed by atoms with Crippen molar-refractivity contribution in [3.8, 4) is 0 Å². The summed E-state index contributed by atoms with van der Waals surface area (Å²) in [5, 5.41) is -0.147. The summed E-state index contributed by atoms with van der Waals surface area (Å²) in [6.45, 7) is 0. The molecule has 1 aliphatic heterocycles. The lowest BCUT2D eigenvalue weighted by Gasteiger charge is -2.31. The van der Waals surface area contributed by atoms with Crippen LogP contribution in [-0.4, -0.2) is 35.1 Å². The normalized spacial score (nSPS) is 19.1. The number of nitrogens with zero attached hydrogens (tertiary/aromatic N) is 1. The van der Waals surface area contributed by atoms with Crippen LogP contribution in [0, 0.1) is 5.82 Å². The third-order valence-electron chi connectivity index (χ3n) is 3.39. The van der Waals surface area contributed by atoms with Gasteiger partial charge in [-0.2, -0.15) is 39.5 Å². The Bertz CT molecular complexity index is 852. The van der Waals surface area contributed by atoms with Gasteiger partial charge in [0.2, 0.25) is 5.83 Å². The SMILES string of the molecule is O=C(NC1=NC(C(F)(F)F)(C(F)(F)F)/C(=C(\F)C(F)(F)F)S1)c1ccc(F)cc1. The highest BCUT2D eigenvalue weighted by atomic mass is 32.2. The minimum atomic E-state index is -6.53. The summed E-state index contributed by atoms with van der Waals surface area (Å²) in [5.41, 5.74) is -6.04. The van der Waals surface area contributed by atoms with Crippen LogP contribution in [0.2, 0.25) is 0 Å². The van der Waals surface area contributed by atoms with E-state index in [1.165, 1.54) is 5.32 Å². The predicted molar refractivity (Wildman–Crippen MR) is 77.9 cm³/mol. The van der Waals surface area contributed by atoms with Crippen molar-refractivity contribution >= 4 is 22.8 Å². The van der Waals surface area contributed by atoms with Crippen LogP contribution < -0.4 is 5.32 Å². The molecule has 15 heteroatoms. The van der Waals surface area contributed by atoms with Gasteiger partial charge in [0.1, 0.15) is 5.82 Å². The Kier molecular flexibility index (Phi) is 5.68. The van der Waals surface area contributed by atoms with Gasteiger partial charge in [0.05, 0.1) is 4.91 Å². The van der Waals surface area contributed by atoms with Crippen LogP contribution in [0.15, 0.2) is 40.0 Å². The summed E-state index contributed by atoms with van der Waals surface area (Å²) in [6, 6.07) is 3.03. The Morgan fingerprint density at radius 1 is 0.931 bits per heavy atom. The Balaban J connectivity index is 2.59. The first kappa shape index (κ1) is 23.0. The highest BCUT2D eigenvalue weighted by Crippen LogP contribution is 2.59. The first-order valence-electron chi connectivity index (χ1n) is 6.96. The Labute approximate surface area is 157 Å². The summed E-state index contributed by atoms with van der Waals surface area (Å²) in [6.07, 6.45) is -19.2. The summed E-state index contributed by atoms with van der Waals surface area (Å²) >= 11 is -0.979. The van der Waals surface area contributed by atoms with Gasteiger partial charge >= 0.3 is 18.5 Å². The molecule has 1 N–H and O–H groups in total. The van der Waals surface area contributed by atoms with E-state index >= 15 is 0 Å². The zero-order valence-electron chi connectivity index (χ0n) is 13.2. The number of allylic oxidation sites excluding steroid dienone is 1. The summed E-state index contributed by atoms with van der Waals surface area (Å²) < 4.78 is 143. The molecule has 160 valence electrons. The number of hydrogen-bond acceptors (Lipinski definition) is 3. The molecule has 0 bridgehead atoms. The van der Waals surface area contributed by atoms with Crippen molar-refractivity contribution in [1.82, 2.24) is 5.32 Å². The standard InChI is InChI=1S/C14H5F11N2OS/c15-6-3-1-5(2-4-6)9(28)26-10-27-11(13(20,21)22,14(23,24)25)8(29-10)7(16)12(17,18)19/h1-4H,(H,26,27,28)/b8-7+. The molecular formula is C14H5F11N2OS. The molecule has 0 saturated heterocycles. The molecule has 3 nitrogen and oxygen atoms in total. The highest BCUT2D eigenvalue weighted by Gasteiger charge is 2.77. The van der Waals surface area contributed by atoms with Crippen LogP contribution in [0.1, 0.15) is 10.4 Å². The lowest BCUT2D eigenvalue weighted by atomic mass is 9.97. The number of amidine groups is 1. The average molecular weight is 458 g/mol. The lowest BCUT2D eigenvalue weighted by molar-refractivity contribution is -0.280. The number of amides is 1. The minimum Gasteiger partial charge on any atom is -0.301 e. The first-order chi connectivity index (χ1) is 13.0. The number of carbonyl (C=O) groups excluding carboxylic acids is 1. The van der Waals surface area contributed by atoms with Crippen LogP contribution in [0.5, 0.6) is 0 Å². The number of hydrogen-bond donors (Lipinski definition) is 1. The largest absolute Gasteiger partial charge is 0.443 e. The number of aliphatic imine (C=N–C) groups is 1. The maximum Gasteiger partial charge on any atom is 0.443 e. The zero-order valence-corrected chi connectivity index (χ0v) is 14.0. The molecule has 0 aromatic heterocycles. The third kappa shape index (κ3) is 4.18. The van der Waals surface area contributed by atoms with Gasteiger partial charge in [-0.1, -0.05) is 11.8 Å². The van der Waals surface area contributed by atoms with Gasteiger partial charge in [-0.15, -0.1) is 0 Å². The predicted octanol–water partition coefficient (Wildman–Crippen LogP) is 5.27. The summed E-state index contributed by atoms with van der Waals surface area (Å²) in [4.78, 5) is 11.2. The van der Waals surface area contributed by atoms with E-state index in [9.17, 15) is 53.1 Å². The molecule has 0 saturated carbocycles. The number of halogens is 11. The zero-order chi connectivity index (χ0) is 22.4. The number of thioether (sulfide) groups is 1. The number of nitrogens with one attached hydrogen (secondary N) is 1. The molecule has 0 atom stereocenters. The molecule has 0 fully saturated rings. The second kappa shape index (κ2) is 7.18. The smallest absolute Gasteiger partial charge is 0.301 e. The Morgan fingerprint density at radius 3 is 1.83 bits per heavy atom. The maximum atomic E-state index is 13.6. The number of carbonyl (C=O) groups is 1. The molecule has 1 aliphatic rings. The number of rotatable bonds is 1. The first-order valence-corrected chi connectivity index (χ1v) is 7.78. The second-order valence-electron chi connectivity index (χ2n) is 5.33. The van der Waals surface area contributed by atoms with Crippen molar-refractivity contribution in [2.45, 2.75) is 24.1 Å². The van der Waals surface area contributed by atoms with Gasteiger partial charge in [0.25, 0.3) is 11.4 Å². The molecule has 0 aliphatic carbocycles. The molecule has 0 unspecified atom stereocenters. The van der Waals surface area contributed by atoms with Gasteiger partial charge in [0.15, 0.2) is 5.17 Å². The van der Waals surface area contributed by atoms with Gasteiger partial charge in [-0.25, -0.2) is 13.8 Å². The fourth-order valence-corrected chi connectivity index (χ4v) is 3.25. The van der Waals surface area contributed by atoms with Crippen molar-refractivity contribution < 1.29 is 53.1 Å². The van der Waals surface area contributed by atoms with E-state index in [4.69, 9.17) is 0 Å². The van der Waals surface area contributed by atoms with Crippen molar-refractivity contribution in [2.24, 2.45) is 4.99 Å². The summed E-state index contributed by atoms with van der Waals surface area (Å²) in [5.74, 6) is -5.91. The van der Waals surface area contributed by atoms with Gasteiger partial charge < -0.3 is 5.32 Å². The van der Waals surface area contributed by atoms with Crippen molar-refractivity contribution in [3.63, 3.8) is 0 Å². The van der Waals surface area contributed by atoms with Crippen molar-refractivity contribution in [1.29, 1.82) is 0 Å². The van der Waals surface area contributed by atoms with Crippen molar-refractivity contribution in [3.05, 3.63) is 46.4 Å². The van der Waals surface area contributed by atoms with E-state index in [2.05, 4.69) is 4.99 Å². The molecule has 1 aromatic carbocycles. The average Bonchev–Trinajstić information content (AvgIpc) is 2.94. The van der Waals surface area contributed by atoms with Crippen LogP contribution in [0.25, 0.3) is 0 Å². The monoisotopic (exact) mass is 458 g/mol. The van der Waals surface area contributed by atoms with Crippen molar-refractivity contribution in [2.75, 3.05) is 0 Å². The van der Waals surface area contributed by atoms with Gasteiger partial charge in [0, 0.05) is 5.56 Å². The molecule has 0 radical (unpaired) electrons. The van der Waals surface area contributed by atoms with Crippen LogP contribution in [-0.2, 0) is 0 Å². The van der Waals surface area contributed by atoms with E-state index in [0.29, 0.717) is 0 Å². The van der Waals surface area contributed by atoms with E-state index < -0.39 is 69.0 Å². The molecule has 1 aromatic rings. The number of alkyl halides is 9. The third-order valence-corrected chi connectivity index (χ3v) is 4.46. The lowest BCUT2D eigenvalue weighted by Crippen LogP contribution is -2.55. The molecule has 29 heavy (non-hydrogen) atoms. The Morgan fingerprint density at radius 2 is 1.41 bits per heavy atom. The molecule has 1 heterocycles. The fraction of sp³-hybridized carbons (Fsp3) is 0.286. The van der Waals surface area contributed by atoms with Crippen LogP contribution in [0.4, 0.5) is 48.3 Å². The van der Waals surface area contributed by atoms with E-state index in [1.807, 2.05) is 0 Å². The maximum absolute atomic E-state index is 13.6. The molecular weight excluding hydrogens is 453 g/mol. The van der Waals surface area contributed by atoms with E-state index in [-0.39, 0.29) is 0 Å². The minimum absolute atomic E-state index is 0.465. The Hall–Kier alpha value is -2.32. The summed E-state index contributed by atoms with van der Waals surface area (Å²) in [7, 11) is 0. The van der Waals surface area contributed by atoms with Crippen LogP contribution in [0.3, 0.4) is 0 Å². The molecule has 2 rings (SSSR count). The van der Waals surface area contributed by atoms with Crippen LogP contribution >= 0.6 is 11.8 Å². The van der Waals surface area contributed by atoms with E-state index in [1.54, 1.807) is 0 Å². The second-order valence-corrected chi connectivity index (χ2v) is 6.33. The highest BCUT2D eigenvalue weighted by molar-refractivity contribution is 8.17. The number of benzene rings is 1. The van der Waals surface area contributed by atoms with E-state index in [0.717, 1.165) is 24.3 Å². The van der Waals surface area contributed by atoms with Gasteiger partial charge in [-0.05, 0) is 24.3 Å². The van der Waals surface area contributed by atoms with Gasteiger partial charge in [-0.3, -0.25) is 4.79 Å².